The Morgan fingerprint density at radius 1 is 1.20 bits per heavy atom. The van der Waals surface area contributed by atoms with Crippen molar-refractivity contribution in [3.63, 3.8) is 0 Å². The first kappa shape index (κ1) is 19.5. The Kier molecular flexibility index (Phi) is 4.90. The van der Waals surface area contributed by atoms with Crippen LogP contribution >= 0.6 is 0 Å². The lowest BCUT2D eigenvalue weighted by Crippen LogP contribution is -2.27. The van der Waals surface area contributed by atoms with Crippen molar-refractivity contribution in [3.05, 3.63) is 81.1 Å². The number of pyridine rings is 1. The first-order valence-corrected chi connectivity index (χ1v) is 9.00. The number of fused-ring (bicyclic) bond motifs is 1. The maximum Gasteiger partial charge on any atom is 0.291 e. The maximum atomic E-state index is 14.1. The number of rotatable bonds is 4. The maximum absolute atomic E-state index is 14.1. The minimum Gasteiger partial charge on any atom is -0.332 e. The molecule has 1 aliphatic heterocycles. The van der Waals surface area contributed by atoms with E-state index in [0.717, 1.165) is 17.3 Å². The average Bonchev–Trinajstić information content (AvgIpc) is 3.11. The summed E-state index contributed by atoms with van der Waals surface area (Å²) in [5.74, 6) is -1.38. The molecule has 1 aliphatic rings. The number of carbonyl (C=O) groups excluding carboxylic acids is 1. The third-order valence-electron chi connectivity index (χ3n) is 4.80. The highest BCUT2D eigenvalue weighted by Gasteiger charge is 2.28. The summed E-state index contributed by atoms with van der Waals surface area (Å²) in [6, 6.07) is 5.40. The quantitative estimate of drug-likeness (QED) is 0.483. The fraction of sp³-hybridized carbons (Fsp3) is 0.200. The van der Waals surface area contributed by atoms with E-state index in [1.165, 1.54) is 23.1 Å². The molecule has 0 saturated heterocycles. The van der Waals surface area contributed by atoms with Gasteiger partial charge in [0.2, 0.25) is 5.91 Å². The minimum absolute atomic E-state index is 0.0145. The van der Waals surface area contributed by atoms with Gasteiger partial charge >= 0.3 is 0 Å². The van der Waals surface area contributed by atoms with Crippen LogP contribution in [0.2, 0.25) is 0 Å². The molecule has 0 N–H and O–H groups in total. The zero-order valence-corrected chi connectivity index (χ0v) is 15.8. The molecule has 30 heavy (non-hydrogen) atoms. The molecule has 10 heteroatoms. The lowest BCUT2D eigenvalue weighted by atomic mass is 10.1. The third-order valence-corrected chi connectivity index (χ3v) is 4.80. The molecule has 3 heterocycles. The second-order valence-electron chi connectivity index (χ2n) is 6.86. The summed E-state index contributed by atoms with van der Waals surface area (Å²) in [6.45, 7) is 2.32. The monoisotopic (exact) mass is 411 g/mol. The molecule has 4 rings (SSSR count). The molecule has 152 valence electrons. The van der Waals surface area contributed by atoms with Gasteiger partial charge in [0.25, 0.3) is 5.69 Å². The fourth-order valence-electron chi connectivity index (χ4n) is 3.32. The molecule has 0 atom stereocenters. The van der Waals surface area contributed by atoms with Crippen molar-refractivity contribution in [3.8, 4) is 11.3 Å². The molecule has 0 bridgehead atoms. The second kappa shape index (κ2) is 7.54. The molecule has 2 aromatic heterocycles. The third kappa shape index (κ3) is 3.71. The SMILES string of the molecule is Cc1ncc2c(n1)CN(C(=O)Cc1nc(-c3ccc(F)cc3F)ccc1[N+](=O)[O-])C2. The fourth-order valence-corrected chi connectivity index (χ4v) is 3.32. The Morgan fingerprint density at radius 3 is 2.73 bits per heavy atom. The van der Waals surface area contributed by atoms with Crippen LogP contribution in [0.1, 0.15) is 22.8 Å². The molecule has 0 radical (unpaired) electrons. The number of aryl methyl sites for hydroxylation is 1. The summed E-state index contributed by atoms with van der Waals surface area (Å²) >= 11 is 0. The Morgan fingerprint density at radius 2 is 2.00 bits per heavy atom. The Hall–Kier alpha value is -3.82. The first-order valence-electron chi connectivity index (χ1n) is 9.00. The highest BCUT2D eigenvalue weighted by atomic mass is 19.1. The van der Waals surface area contributed by atoms with E-state index in [-0.39, 0.29) is 41.5 Å². The zero-order chi connectivity index (χ0) is 21.4. The molecule has 3 aromatic rings. The number of hydrogen-bond donors (Lipinski definition) is 0. The number of nitrogens with zero attached hydrogens (tertiary/aromatic N) is 5. The highest BCUT2D eigenvalue weighted by molar-refractivity contribution is 5.80. The van der Waals surface area contributed by atoms with Crippen LogP contribution in [0.3, 0.4) is 0 Å². The highest BCUT2D eigenvalue weighted by Crippen LogP contribution is 2.27. The van der Waals surface area contributed by atoms with Gasteiger partial charge in [0.05, 0.1) is 29.3 Å². The smallest absolute Gasteiger partial charge is 0.291 e. The topological polar surface area (TPSA) is 102 Å². The standard InChI is InChI=1S/C20H15F2N5O3/c1-11-23-8-12-9-26(10-18(12)24-11)20(28)7-17-19(27(29)30)5-4-16(25-17)14-3-2-13(21)6-15(14)22/h2-6,8H,7,9-10H2,1H3. The lowest BCUT2D eigenvalue weighted by molar-refractivity contribution is -0.385. The van der Waals surface area contributed by atoms with Crippen molar-refractivity contribution in [2.45, 2.75) is 26.4 Å². The van der Waals surface area contributed by atoms with Crippen LogP contribution < -0.4 is 0 Å². The predicted molar refractivity (Wildman–Crippen MR) is 101 cm³/mol. The van der Waals surface area contributed by atoms with Crippen LogP contribution in [0.5, 0.6) is 0 Å². The largest absolute Gasteiger partial charge is 0.332 e. The van der Waals surface area contributed by atoms with Crippen molar-refractivity contribution >= 4 is 11.6 Å². The number of nitro groups is 1. The van der Waals surface area contributed by atoms with Crippen molar-refractivity contribution in [2.75, 3.05) is 0 Å². The predicted octanol–water partition coefficient (Wildman–Crippen LogP) is 3.12. The number of amides is 1. The molecule has 0 unspecified atom stereocenters. The lowest BCUT2D eigenvalue weighted by Gasteiger charge is -2.15. The Labute approximate surface area is 169 Å². The zero-order valence-electron chi connectivity index (χ0n) is 15.8. The van der Waals surface area contributed by atoms with Gasteiger partial charge in [-0.2, -0.15) is 0 Å². The molecule has 1 amide bonds. The number of carbonyl (C=O) groups is 1. The van der Waals surface area contributed by atoms with Gasteiger partial charge in [0, 0.05) is 36.0 Å². The molecule has 0 aliphatic carbocycles. The van der Waals surface area contributed by atoms with Gasteiger partial charge in [-0.15, -0.1) is 0 Å². The number of hydrogen-bond acceptors (Lipinski definition) is 6. The van der Waals surface area contributed by atoms with Gasteiger partial charge in [-0.05, 0) is 25.1 Å². The number of benzene rings is 1. The van der Waals surface area contributed by atoms with E-state index >= 15 is 0 Å². The van der Waals surface area contributed by atoms with Crippen LogP contribution in [0.25, 0.3) is 11.3 Å². The van der Waals surface area contributed by atoms with Gasteiger partial charge in [0.1, 0.15) is 23.2 Å². The van der Waals surface area contributed by atoms with E-state index in [9.17, 15) is 23.7 Å². The van der Waals surface area contributed by atoms with Crippen LogP contribution in [0.15, 0.2) is 36.5 Å². The van der Waals surface area contributed by atoms with Crippen molar-refractivity contribution < 1.29 is 18.5 Å². The summed E-state index contributed by atoms with van der Waals surface area (Å²) in [7, 11) is 0. The second-order valence-corrected chi connectivity index (χ2v) is 6.86. The van der Waals surface area contributed by atoms with E-state index in [2.05, 4.69) is 15.0 Å². The molecule has 1 aromatic carbocycles. The summed E-state index contributed by atoms with van der Waals surface area (Å²) in [5, 5.41) is 11.4. The minimum atomic E-state index is -0.849. The van der Waals surface area contributed by atoms with Crippen molar-refractivity contribution in [1.29, 1.82) is 0 Å². The van der Waals surface area contributed by atoms with Crippen molar-refractivity contribution in [2.24, 2.45) is 0 Å². The summed E-state index contributed by atoms with van der Waals surface area (Å²) in [5.41, 5.74) is 1.18. The van der Waals surface area contributed by atoms with Gasteiger partial charge in [-0.3, -0.25) is 14.9 Å². The normalized spacial score (nSPS) is 12.7. The van der Waals surface area contributed by atoms with Crippen molar-refractivity contribution in [1.82, 2.24) is 19.9 Å². The van der Waals surface area contributed by atoms with Gasteiger partial charge in [0.15, 0.2) is 0 Å². The Bertz CT molecular complexity index is 1190. The first-order chi connectivity index (χ1) is 14.3. The van der Waals surface area contributed by atoms with Crippen LogP contribution in [-0.2, 0) is 24.3 Å². The number of halogens is 2. The molecular formula is C20H15F2N5O3. The van der Waals surface area contributed by atoms with Crippen LogP contribution in [-0.4, -0.2) is 30.7 Å². The summed E-state index contributed by atoms with van der Waals surface area (Å²) in [6.07, 6.45) is 1.32. The van der Waals surface area contributed by atoms with E-state index in [1.54, 1.807) is 13.1 Å². The molecule has 0 spiro atoms. The van der Waals surface area contributed by atoms with Crippen LogP contribution in [0.4, 0.5) is 14.5 Å². The molecule has 0 fully saturated rings. The molecule has 0 saturated carbocycles. The summed E-state index contributed by atoms with van der Waals surface area (Å²) in [4.78, 5) is 37.6. The van der Waals surface area contributed by atoms with E-state index in [1.807, 2.05) is 0 Å². The van der Waals surface area contributed by atoms with Gasteiger partial charge in [-0.1, -0.05) is 0 Å². The Balaban J connectivity index is 1.62. The van der Waals surface area contributed by atoms with Crippen LogP contribution in [0, 0.1) is 28.7 Å². The van der Waals surface area contributed by atoms with E-state index in [0.29, 0.717) is 18.4 Å². The molecular weight excluding hydrogens is 396 g/mol. The van der Waals surface area contributed by atoms with Gasteiger partial charge < -0.3 is 4.90 Å². The van der Waals surface area contributed by atoms with E-state index < -0.39 is 16.6 Å². The van der Waals surface area contributed by atoms with E-state index in [4.69, 9.17) is 0 Å². The average molecular weight is 411 g/mol. The summed E-state index contributed by atoms with van der Waals surface area (Å²) < 4.78 is 27.3. The molecule has 8 nitrogen and oxygen atoms in total. The number of aromatic nitrogens is 3. The van der Waals surface area contributed by atoms with Gasteiger partial charge in [-0.25, -0.2) is 23.7 Å².